The Kier molecular flexibility index (Phi) is 4.23. The monoisotopic (exact) mass is 331 g/mol. The Morgan fingerprint density at radius 3 is 2.77 bits per heavy atom. The van der Waals surface area contributed by atoms with Gasteiger partial charge >= 0.3 is 0 Å². The summed E-state index contributed by atoms with van der Waals surface area (Å²) in [5.41, 5.74) is 0.323. The van der Waals surface area contributed by atoms with Crippen LogP contribution in [0.2, 0.25) is 0 Å². The third-order valence-corrected chi connectivity index (χ3v) is 7.76. The summed E-state index contributed by atoms with van der Waals surface area (Å²) in [4.78, 5) is 4.48. The van der Waals surface area contributed by atoms with Gasteiger partial charge in [0.25, 0.3) is 0 Å². The Morgan fingerprint density at radius 2 is 2.00 bits per heavy atom. The van der Waals surface area contributed by atoms with E-state index < -0.39 is 0 Å². The summed E-state index contributed by atoms with van der Waals surface area (Å²) in [6.45, 7) is 5.02. The van der Waals surface area contributed by atoms with Gasteiger partial charge in [-0.1, -0.05) is 25.1 Å². The second-order valence-corrected chi connectivity index (χ2v) is 9.29. The summed E-state index contributed by atoms with van der Waals surface area (Å²) >= 11 is 4.19. The van der Waals surface area contributed by atoms with E-state index in [4.69, 9.17) is 0 Å². The minimum atomic E-state index is 0.323. The maximum absolute atomic E-state index is 2.85. The van der Waals surface area contributed by atoms with Crippen molar-refractivity contribution >= 4 is 33.2 Å². The van der Waals surface area contributed by atoms with Crippen molar-refractivity contribution in [1.82, 2.24) is 4.90 Å². The molecule has 2 fully saturated rings. The molecule has 0 saturated carbocycles. The molecule has 0 amide bonds. The van der Waals surface area contributed by atoms with Crippen LogP contribution < -0.4 is 0 Å². The van der Waals surface area contributed by atoms with E-state index in [1.165, 1.54) is 60.4 Å². The smallest absolute Gasteiger partial charge is 0.0569 e. The van der Waals surface area contributed by atoms with Gasteiger partial charge in [0, 0.05) is 16.1 Å². The van der Waals surface area contributed by atoms with Crippen LogP contribution in [0, 0.1) is 5.92 Å². The number of hydrogen-bond acceptors (Lipinski definition) is 3. The van der Waals surface area contributed by atoms with Crippen LogP contribution in [0.4, 0.5) is 0 Å². The molecule has 1 aromatic carbocycles. The predicted octanol–water partition coefficient (Wildman–Crippen LogP) is 5.36. The van der Waals surface area contributed by atoms with E-state index in [0.717, 1.165) is 5.92 Å². The Hall–Kier alpha value is -0.510. The number of thioether (sulfide) groups is 1. The summed E-state index contributed by atoms with van der Waals surface area (Å²) < 4.78 is 1.46. The Morgan fingerprint density at radius 1 is 1.18 bits per heavy atom. The molecule has 1 unspecified atom stereocenters. The zero-order chi connectivity index (χ0) is 15.0. The quantitative estimate of drug-likeness (QED) is 0.729. The van der Waals surface area contributed by atoms with Gasteiger partial charge in [0.15, 0.2) is 0 Å². The minimum Gasteiger partial charge on any atom is -0.293 e. The molecule has 0 aliphatic carbocycles. The van der Waals surface area contributed by atoms with Gasteiger partial charge in [-0.05, 0) is 67.2 Å². The lowest BCUT2D eigenvalue weighted by atomic mass is 9.84. The Bertz CT molecular complexity index is 609. The normalized spacial score (nSPS) is 26.3. The van der Waals surface area contributed by atoms with E-state index in [-0.39, 0.29) is 0 Å². The molecule has 0 radical (unpaired) electrons. The molecule has 118 valence electrons. The summed E-state index contributed by atoms with van der Waals surface area (Å²) in [5, 5.41) is 1.44. The standard InChI is InChI=1S/C19H25NS2/c1-15-5-4-10-20(14-15)19(8-11-21-12-9-19)18-13-16-6-2-3-7-17(16)22-18/h2-3,6-7,13,15H,4-5,8-12,14H2,1H3. The second-order valence-electron chi connectivity index (χ2n) is 6.99. The maximum atomic E-state index is 2.85. The molecule has 2 aliphatic heterocycles. The van der Waals surface area contributed by atoms with Crippen molar-refractivity contribution in [2.75, 3.05) is 24.6 Å². The lowest BCUT2D eigenvalue weighted by Crippen LogP contribution is -2.51. The predicted molar refractivity (Wildman–Crippen MR) is 100 cm³/mol. The number of hydrogen-bond donors (Lipinski definition) is 0. The summed E-state index contributed by atoms with van der Waals surface area (Å²) in [6.07, 6.45) is 5.45. The zero-order valence-corrected chi connectivity index (χ0v) is 15.0. The van der Waals surface area contributed by atoms with Gasteiger partial charge < -0.3 is 0 Å². The van der Waals surface area contributed by atoms with E-state index in [1.54, 1.807) is 4.88 Å². The summed E-state index contributed by atoms with van der Waals surface area (Å²) in [6, 6.07) is 11.4. The van der Waals surface area contributed by atoms with Crippen molar-refractivity contribution in [2.45, 2.75) is 38.1 Å². The highest BCUT2D eigenvalue weighted by Crippen LogP contribution is 2.46. The number of fused-ring (bicyclic) bond motifs is 1. The number of benzene rings is 1. The molecule has 2 aliphatic rings. The zero-order valence-electron chi connectivity index (χ0n) is 13.4. The molecule has 2 saturated heterocycles. The fourth-order valence-corrected chi connectivity index (χ4v) is 6.72. The van der Waals surface area contributed by atoms with Crippen molar-refractivity contribution in [3.8, 4) is 0 Å². The summed E-state index contributed by atoms with van der Waals surface area (Å²) in [5.74, 6) is 3.49. The lowest BCUT2D eigenvalue weighted by Gasteiger charge is -2.49. The Labute approximate surface area is 142 Å². The molecular weight excluding hydrogens is 306 g/mol. The topological polar surface area (TPSA) is 3.24 Å². The fourth-order valence-electron chi connectivity index (χ4n) is 4.22. The van der Waals surface area contributed by atoms with Crippen LogP contribution in [0.3, 0.4) is 0 Å². The fraction of sp³-hybridized carbons (Fsp3) is 0.579. The van der Waals surface area contributed by atoms with Crippen molar-refractivity contribution in [3.63, 3.8) is 0 Å². The molecule has 1 atom stereocenters. The molecule has 1 nitrogen and oxygen atoms in total. The van der Waals surface area contributed by atoms with Crippen LogP contribution in [0.15, 0.2) is 30.3 Å². The molecule has 0 N–H and O–H groups in total. The molecule has 0 bridgehead atoms. The van der Waals surface area contributed by atoms with Crippen molar-refractivity contribution < 1.29 is 0 Å². The van der Waals surface area contributed by atoms with Crippen molar-refractivity contribution in [3.05, 3.63) is 35.2 Å². The van der Waals surface area contributed by atoms with Gasteiger partial charge in [0.05, 0.1) is 5.54 Å². The molecule has 0 spiro atoms. The van der Waals surface area contributed by atoms with Crippen LogP contribution in [0.1, 0.15) is 37.5 Å². The number of piperidine rings is 1. The van der Waals surface area contributed by atoms with Crippen LogP contribution in [-0.4, -0.2) is 29.5 Å². The number of nitrogens with zero attached hydrogens (tertiary/aromatic N) is 1. The Balaban J connectivity index is 1.76. The molecule has 2 aromatic rings. The average Bonchev–Trinajstić information content (AvgIpc) is 3.00. The highest BCUT2D eigenvalue weighted by molar-refractivity contribution is 7.99. The van der Waals surface area contributed by atoms with Gasteiger partial charge in [-0.15, -0.1) is 11.3 Å². The molecule has 3 heterocycles. The maximum Gasteiger partial charge on any atom is 0.0569 e. The van der Waals surface area contributed by atoms with E-state index >= 15 is 0 Å². The number of thiophene rings is 1. The average molecular weight is 332 g/mol. The molecule has 1 aromatic heterocycles. The van der Waals surface area contributed by atoms with Crippen molar-refractivity contribution in [2.24, 2.45) is 5.92 Å². The van der Waals surface area contributed by atoms with E-state index in [2.05, 4.69) is 53.9 Å². The van der Waals surface area contributed by atoms with Crippen LogP contribution in [0.5, 0.6) is 0 Å². The van der Waals surface area contributed by atoms with Crippen LogP contribution >= 0.6 is 23.1 Å². The minimum absolute atomic E-state index is 0.323. The first-order chi connectivity index (χ1) is 10.8. The highest BCUT2D eigenvalue weighted by atomic mass is 32.2. The first-order valence-electron chi connectivity index (χ1n) is 8.60. The lowest BCUT2D eigenvalue weighted by molar-refractivity contribution is 0.0383. The first kappa shape index (κ1) is 15.0. The molecule has 3 heteroatoms. The van der Waals surface area contributed by atoms with Gasteiger partial charge in [-0.25, -0.2) is 0 Å². The van der Waals surface area contributed by atoms with E-state index in [0.29, 0.717) is 5.54 Å². The number of rotatable bonds is 2. The molecule has 4 rings (SSSR count). The SMILES string of the molecule is CC1CCCN(C2(c3cc4ccccc4s3)CCSCC2)C1. The third kappa shape index (κ3) is 2.61. The van der Waals surface area contributed by atoms with Crippen LogP contribution in [0.25, 0.3) is 10.1 Å². The highest BCUT2D eigenvalue weighted by Gasteiger charge is 2.42. The first-order valence-corrected chi connectivity index (χ1v) is 10.6. The molecule has 22 heavy (non-hydrogen) atoms. The van der Waals surface area contributed by atoms with Gasteiger partial charge in [-0.3, -0.25) is 4.90 Å². The number of likely N-dealkylation sites (tertiary alicyclic amines) is 1. The van der Waals surface area contributed by atoms with Gasteiger partial charge in [-0.2, -0.15) is 11.8 Å². The largest absolute Gasteiger partial charge is 0.293 e. The van der Waals surface area contributed by atoms with E-state index in [1.807, 2.05) is 11.3 Å². The second kappa shape index (κ2) is 6.18. The summed E-state index contributed by atoms with van der Waals surface area (Å²) in [7, 11) is 0. The van der Waals surface area contributed by atoms with Gasteiger partial charge in [0.1, 0.15) is 0 Å². The van der Waals surface area contributed by atoms with Crippen molar-refractivity contribution in [1.29, 1.82) is 0 Å². The third-order valence-electron chi connectivity index (χ3n) is 5.47. The van der Waals surface area contributed by atoms with E-state index in [9.17, 15) is 0 Å². The molecular formula is C19H25NS2. The van der Waals surface area contributed by atoms with Gasteiger partial charge in [0.2, 0.25) is 0 Å². The van der Waals surface area contributed by atoms with Crippen LogP contribution in [-0.2, 0) is 5.54 Å².